The smallest absolute Gasteiger partial charge is 0.331 e. The molecule has 2 aliphatic carbocycles. The van der Waals surface area contributed by atoms with Crippen LogP contribution in [0, 0.1) is 11.8 Å². The van der Waals surface area contributed by atoms with Crippen LogP contribution in [-0.4, -0.2) is 21.8 Å². The second-order valence-electron chi connectivity index (χ2n) is 6.93. The summed E-state index contributed by atoms with van der Waals surface area (Å²) in [5.41, 5.74) is 0.747. The summed E-state index contributed by atoms with van der Waals surface area (Å²) in [7, 11) is 0. The molecule has 0 radical (unpaired) electrons. The van der Waals surface area contributed by atoms with Gasteiger partial charge in [0.15, 0.2) is 3.74 Å². The van der Waals surface area contributed by atoms with Gasteiger partial charge in [0, 0.05) is 37.5 Å². The fourth-order valence-electron chi connectivity index (χ4n) is 5.19. The lowest BCUT2D eigenvalue weighted by Crippen LogP contribution is -3.01. The van der Waals surface area contributed by atoms with Gasteiger partial charge in [-0.15, -0.1) is 0 Å². The highest BCUT2D eigenvalue weighted by atomic mass is 79.9. The van der Waals surface area contributed by atoms with E-state index >= 15 is 0 Å². The highest BCUT2D eigenvalue weighted by molar-refractivity contribution is 9.25. The van der Waals surface area contributed by atoms with Crippen LogP contribution in [0.1, 0.15) is 31.2 Å². The molecule has 4 bridgehead atoms. The van der Waals surface area contributed by atoms with Gasteiger partial charge < -0.3 is 10.1 Å². The first kappa shape index (κ1) is 15.2. The number of carbonyl (C=O) groups excluding carboxylic acids is 1. The Bertz CT molecular complexity index is 547. The zero-order chi connectivity index (χ0) is 15.3. The van der Waals surface area contributed by atoms with Crippen LogP contribution < -0.4 is 5.32 Å². The van der Waals surface area contributed by atoms with Crippen molar-refractivity contribution in [2.75, 3.05) is 0 Å². The third-order valence-corrected chi connectivity index (χ3v) is 6.53. The normalized spacial score (nSPS) is 39.2. The van der Waals surface area contributed by atoms with Crippen molar-refractivity contribution in [2.45, 2.75) is 47.1 Å². The van der Waals surface area contributed by atoms with Gasteiger partial charge in [0.1, 0.15) is 5.60 Å². The van der Waals surface area contributed by atoms with Gasteiger partial charge in [0.2, 0.25) is 0 Å². The van der Waals surface area contributed by atoms with E-state index in [2.05, 4.69) is 61.4 Å². The molecule has 0 spiro atoms. The molecule has 1 aromatic rings. The van der Waals surface area contributed by atoms with E-state index in [0.29, 0.717) is 11.8 Å². The Kier molecular flexibility index (Phi) is 3.86. The van der Waals surface area contributed by atoms with Gasteiger partial charge in [0.05, 0.1) is 12.1 Å². The summed E-state index contributed by atoms with van der Waals surface area (Å²) >= 11 is 6.60. The SMILES string of the molecule is O=C(OC1(c2ccccc2)C2CC3CC1CC(C2)[NH2+]3)C(Br)Br. The van der Waals surface area contributed by atoms with Crippen molar-refractivity contribution in [2.24, 2.45) is 11.8 Å². The number of hydrogen-bond donors (Lipinski definition) is 1. The molecule has 2 N–H and O–H groups in total. The number of quaternary nitrogens is 1. The maximum atomic E-state index is 12.4. The van der Waals surface area contributed by atoms with Crippen molar-refractivity contribution in [3.05, 3.63) is 35.9 Å². The Morgan fingerprint density at radius 1 is 1.09 bits per heavy atom. The first-order valence-electron chi connectivity index (χ1n) is 8.01. The van der Waals surface area contributed by atoms with Crippen LogP contribution in [0.3, 0.4) is 0 Å². The Morgan fingerprint density at radius 3 is 2.14 bits per heavy atom. The minimum Gasteiger partial charge on any atom is -0.452 e. The summed E-state index contributed by atoms with van der Waals surface area (Å²) < 4.78 is 5.78. The number of alkyl halides is 2. The Labute approximate surface area is 147 Å². The lowest BCUT2D eigenvalue weighted by atomic mass is 9.54. The average Bonchev–Trinajstić information content (AvgIpc) is 2.51. The summed E-state index contributed by atoms with van der Waals surface area (Å²) in [6, 6.07) is 11.9. The Balaban J connectivity index is 1.78. The number of hydrogen-bond acceptors (Lipinski definition) is 2. The minimum absolute atomic E-state index is 0.208. The molecule has 5 rings (SSSR count). The fourth-order valence-corrected chi connectivity index (χ4v) is 5.37. The molecule has 1 aromatic carbocycles. The highest BCUT2D eigenvalue weighted by Crippen LogP contribution is 2.56. The van der Waals surface area contributed by atoms with Crippen molar-refractivity contribution >= 4 is 37.8 Å². The number of carbonyl (C=O) groups is 1. The summed E-state index contributed by atoms with van der Waals surface area (Å²) in [6.07, 6.45) is 4.63. The number of ether oxygens (including phenoxy) is 1. The van der Waals surface area contributed by atoms with Crippen molar-refractivity contribution in [1.29, 1.82) is 0 Å². The molecule has 3 nitrogen and oxygen atoms in total. The van der Waals surface area contributed by atoms with E-state index in [1.165, 1.54) is 5.56 Å². The second-order valence-corrected chi connectivity index (χ2v) is 9.99. The van der Waals surface area contributed by atoms with Gasteiger partial charge in [-0.05, 0) is 5.56 Å². The zero-order valence-corrected chi connectivity index (χ0v) is 15.4. The van der Waals surface area contributed by atoms with Crippen molar-refractivity contribution in [3.8, 4) is 0 Å². The van der Waals surface area contributed by atoms with Crippen molar-refractivity contribution in [1.82, 2.24) is 0 Å². The maximum Gasteiger partial charge on any atom is 0.331 e. The van der Waals surface area contributed by atoms with Crippen LogP contribution in [0.4, 0.5) is 0 Å². The Hall–Kier alpha value is -0.390. The molecule has 4 fully saturated rings. The van der Waals surface area contributed by atoms with E-state index in [0.717, 1.165) is 37.8 Å². The van der Waals surface area contributed by atoms with E-state index in [4.69, 9.17) is 4.74 Å². The van der Waals surface area contributed by atoms with Crippen LogP contribution in [0.2, 0.25) is 0 Å². The lowest BCUT2D eigenvalue weighted by molar-refractivity contribution is -0.752. The molecule has 2 saturated carbocycles. The third kappa shape index (κ3) is 2.28. The molecule has 0 amide bonds. The lowest BCUT2D eigenvalue weighted by Gasteiger charge is -2.58. The number of halogens is 2. The third-order valence-electron chi connectivity index (χ3n) is 5.78. The molecule has 2 heterocycles. The highest BCUT2D eigenvalue weighted by Gasteiger charge is 2.62. The first-order valence-corrected chi connectivity index (χ1v) is 9.84. The van der Waals surface area contributed by atoms with Gasteiger partial charge in [-0.1, -0.05) is 62.2 Å². The fraction of sp³-hybridized carbons (Fsp3) is 0.588. The zero-order valence-electron chi connectivity index (χ0n) is 12.3. The van der Waals surface area contributed by atoms with E-state index in [-0.39, 0.29) is 5.97 Å². The van der Waals surface area contributed by atoms with Gasteiger partial charge in [0.25, 0.3) is 0 Å². The first-order chi connectivity index (χ1) is 10.6. The van der Waals surface area contributed by atoms with E-state index in [1.54, 1.807) is 0 Å². The van der Waals surface area contributed by atoms with Gasteiger partial charge >= 0.3 is 5.97 Å². The minimum atomic E-state index is -0.440. The largest absolute Gasteiger partial charge is 0.452 e. The molecule has 118 valence electrons. The Morgan fingerprint density at radius 2 is 1.64 bits per heavy atom. The number of esters is 1. The molecular formula is C17H20Br2NO2+. The second kappa shape index (κ2) is 5.60. The molecule has 5 heteroatoms. The predicted molar refractivity (Wildman–Crippen MR) is 90.8 cm³/mol. The van der Waals surface area contributed by atoms with Gasteiger partial charge in [-0.2, -0.15) is 0 Å². The topological polar surface area (TPSA) is 42.9 Å². The summed E-state index contributed by atoms with van der Waals surface area (Å²) in [4.78, 5) is 12.4. The molecule has 2 saturated heterocycles. The number of piperidine rings is 2. The van der Waals surface area contributed by atoms with Crippen LogP contribution in [-0.2, 0) is 15.1 Å². The molecule has 4 aliphatic rings. The van der Waals surface area contributed by atoms with Gasteiger partial charge in [-0.3, -0.25) is 0 Å². The number of nitrogens with two attached hydrogens (primary N) is 1. The van der Waals surface area contributed by atoms with Crippen molar-refractivity contribution in [3.63, 3.8) is 0 Å². The molecule has 0 unspecified atom stereocenters. The molecular weight excluding hydrogens is 410 g/mol. The van der Waals surface area contributed by atoms with Gasteiger partial charge in [-0.25, -0.2) is 4.79 Å². The summed E-state index contributed by atoms with van der Waals surface area (Å²) in [5, 5.41) is 2.56. The van der Waals surface area contributed by atoms with E-state index in [1.807, 2.05) is 6.07 Å². The quantitative estimate of drug-likeness (QED) is 0.592. The standard InChI is InChI=1S/C17H19Br2NO2/c18-15(19)16(21)22-17(10-4-2-1-3-5-10)11-6-13-8-12(17)9-14(7-11)20-13/h1-5,11-15,20H,6-9H2/p+1. The van der Waals surface area contributed by atoms with Crippen LogP contribution in [0.15, 0.2) is 30.3 Å². The van der Waals surface area contributed by atoms with Crippen LogP contribution >= 0.6 is 31.9 Å². The number of benzene rings is 1. The summed E-state index contributed by atoms with van der Waals surface area (Å²) in [5.74, 6) is 0.690. The average molecular weight is 430 g/mol. The summed E-state index contributed by atoms with van der Waals surface area (Å²) in [6.45, 7) is 0. The molecule has 0 atom stereocenters. The van der Waals surface area contributed by atoms with Crippen molar-refractivity contribution < 1.29 is 14.8 Å². The maximum absolute atomic E-state index is 12.4. The van der Waals surface area contributed by atoms with E-state index < -0.39 is 9.34 Å². The predicted octanol–water partition coefficient (Wildman–Crippen LogP) is 2.68. The van der Waals surface area contributed by atoms with Crippen LogP contribution in [0.25, 0.3) is 0 Å². The molecule has 2 aliphatic heterocycles. The van der Waals surface area contributed by atoms with E-state index in [9.17, 15) is 4.79 Å². The van der Waals surface area contributed by atoms with Crippen LogP contribution in [0.5, 0.6) is 0 Å². The molecule has 0 aromatic heterocycles. The number of rotatable bonds is 3. The monoisotopic (exact) mass is 428 g/mol. The molecule has 22 heavy (non-hydrogen) atoms.